The van der Waals surface area contributed by atoms with Crippen molar-refractivity contribution in [3.63, 3.8) is 0 Å². The van der Waals surface area contributed by atoms with Gasteiger partial charge in [-0.05, 0) is 56.4 Å². The maximum Gasteiger partial charge on any atom is 0.253 e. The van der Waals surface area contributed by atoms with Crippen LogP contribution in [0.5, 0.6) is 0 Å². The monoisotopic (exact) mass is 362 g/mol. The molecule has 0 aromatic heterocycles. The van der Waals surface area contributed by atoms with Gasteiger partial charge in [-0.3, -0.25) is 9.59 Å². The molecule has 1 saturated heterocycles. The fourth-order valence-electron chi connectivity index (χ4n) is 3.38. The van der Waals surface area contributed by atoms with E-state index in [2.05, 4.69) is 26.1 Å². The third kappa shape index (κ3) is 6.11. The van der Waals surface area contributed by atoms with Gasteiger partial charge in [0, 0.05) is 30.6 Å². The first-order chi connectivity index (χ1) is 12.4. The first kappa shape index (κ1) is 20.4. The van der Waals surface area contributed by atoms with Gasteiger partial charge in [0.25, 0.3) is 5.91 Å². The van der Waals surface area contributed by atoms with Crippen molar-refractivity contribution in [2.24, 2.45) is 11.8 Å². The summed E-state index contributed by atoms with van der Waals surface area (Å²) in [4.78, 5) is 26.6. The van der Waals surface area contributed by atoms with E-state index in [1.54, 1.807) is 4.90 Å². The normalized spacial score (nSPS) is 16.6. The van der Waals surface area contributed by atoms with Gasteiger partial charge >= 0.3 is 0 Å². The molecular formula is C21H31FN2O2. The summed E-state index contributed by atoms with van der Waals surface area (Å²) < 4.78 is 13.0. The van der Waals surface area contributed by atoms with Crippen molar-refractivity contribution in [1.29, 1.82) is 0 Å². The van der Waals surface area contributed by atoms with Crippen LogP contribution < -0.4 is 5.32 Å². The fourth-order valence-corrected chi connectivity index (χ4v) is 3.38. The van der Waals surface area contributed by atoms with Gasteiger partial charge in [-0.2, -0.15) is 0 Å². The Kier molecular flexibility index (Phi) is 7.61. The Hall–Kier alpha value is -1.91. The molecule has 0 unspecified atom stereocenters. The molecule has 144 valence electrons. The summed E-state index contributed by atoms with van der Waals surface area (Å²) in [5, 5.41) is 3.12. The average molecular weight is 362 g/mol. The Morgan fingerprint density at radius 3 is 2.31 bits per heavy atom. The minimum absolute atomic E-state index is 0.0279. The van der Waals surface area contributed by atoms with Crippen LogP contribution in [0.25, 0.3) is 0 Å². The molecule has 1 fully saturated rings. The highest BCUT2D eigenvalue weighted by molar-refractivity contribution is 5.94. The van der Waals surface area contributed by atoms with Gasteiger partial charge in [0.2, 0.25) is 5.91 Å². The Balaban J connectivity index is 1.75. The smallest absolute Gasteiger partial charge is 0.253 e. The van der Waals surface area contributed by atoms with Gasteiger partial charge in [0.05, 0.1) is 0 Å². The van der Waals surface area contributed by atoms with Crippen LogP contribution in [-0.2, 0) is 4.79 Å². The van der Waals surface area contributed by atoms with Crippen molar-refractivity contribution in [2.75, 3.05) is 13.1 Å². The minimum Gasteiger partial charge on any atom is -0.353 e. The lowest BCUT2D eigenvalue weighted by Crippen LogP contribution is -2.44. The number of carbonyl (C=O) groups excluding carboxylic acids is 2. The first-order valence-corrected chi connectivity index (χ1v) is 9.72. The number of piperidine rings is 1. The number of carbonyl (C=O) groups is 2. The maximum atomic E-state index is 13.0. The molecule has 0 aliphatic carbocycles. The van der Waals surface area contributed by atoms with Crippen molar-refractivity contribution in [1.82, 2.24) is 10.2 Å². The zero-order valence-corrected chi connectivity index (χ0v) is 16.1. The van der Waals surface area contributed by atoms with Crippen molar-refractivity contribution < 1.29 is 14.0 Å². The van der Waals surface area contributed by atoms with E-state index in [-0.39, 0.29) is 29.6 Å². The highest BCUT2D eigenvalue weighted by atomic mass is 19.1. The van der Waals surface area contributed by atoms with E-state index >= 15 is 0 Å². The van der Waals surface area contributed by atoms with Crippen molar-refractivity contribution >= 4 is 11.8 Å². The van der Waals surface area contributed by atoms with Crippen molar-refractivity contribution in [2.45, 2.75) is 58.9 Å². The SMILES string of the molecule is CC(C)CCC[C@H](C)NC(=O)C1CCN(C(=O)c2ccc(F)cc2)CC1. The lowest BCUT2D eigenvalue weighted by atomic mass is 9.94. The number of likely N-dealkylation sites (tertiary alicyclic amines) is 1. The van der Waals surface area contributed by atoms with Crippen LogP contribution >= 0.6 is 0 Å². The molecule has 1 aromatic carbocycles. The van der Waals surface area contributed by atoms with Gasteiger partial charge in [-0.15, -0.1) is 0 Å². The van der Waals surface area contributed by atoms with E-state index in [0.29, 0.717) is 37.4 Å². The van der Waals surface area contributed by atoms with Crippen LogP contribution in [0.15, 0.2) is 24.3 Å². The highest BCUT2D eigenvalue weighted by Gasteiger charge is 2.28. The zero-order valence-electron chi connectivity index (χ0n) is 16.1. The van der Waals surface area contributed by atoms with Crippen LogP contribution in [0.3, 0.4) is 0 Å². The average Bonchev–Trinajstić information content (AvgIpc) is 2.61. The molecule has 1 aliphatic rings. The Morgan fingerprint density at radius 2 is 1.73 bits per heavy atom. The summed E-state index contributed by atoms with van der Waals surface area (Å²) in [6.45, 7) is 7.62. The molecule has 0 radical (unpaired) electrons. The Morgan fingerprint density at radius 1 is 1.12 bits per heavy atom. The molecule has 5 heteroatoms. The molecule has 0 bridgehead atoms. The summed E-state index contributed by atoms with van der Waals surface area (Å²) in [6, 6.07) is 5.81. The number of hydrogen-bond acceptors (Lipinski definition) is 2. The number of amides is 2. The summed E-state index contributed by atoms with van der Waals surface area (Å²) in [5.74, 6) is 0.335. The van der Waals surface area contributed by atoms with Gasteiger partial charge < -0.3 is 10.2 Å². The van der Waals surface area contributed by atoms with E-state index in [9.17, 15) is 14.0 Å². The summed E-state index contributed by atoms with van der Waals surface area (Å²) >= 11 is 0. The van der Waals surface area contributed by atoms with Gasteiger partial charge in [0.1, 0.15) is 5.82 Å². The summed E-state index contributed by atoms with van der Waals surface area (Å²) in [7, 11) is 0. The molecule has 2 amide bonds. The molecule has 0 spiro atoms. The molecule has 4 nitrogen and oxygen atoms in total. The third-order valence-corrected chi connectivity index (χ3v) is 5.05. The van der Waals surface area contributed by atoms with Crippen LogP contribution in [0.1, 0.15) is 63.2 Å². The van der Waals surface area contributed by atoms with E-state index in [1.807, 2.05) is 0 Å². The number of rotatable bonds is 7. The summed E-state index contributed by atoms with van der Waals surface area (Å²) in [6.07, 6.45) is 4.68. The number of nitrogens with one attached hydrogen (secondary N) is 1. The molecule has 1 aliphatic heterocycles. The quantitative estimate of drug-likeness (QED) is 0.797. The largest absolute Gasteiger partial charge is 0.353 e. The lowest BCUT2D eigenvalue weighted by Gasteiger charge is -2.32. The number of hydrogen-bond donors (Lipinski definition) is 1. The molecule has 1 heterocycles. The number of halogens is 1. The molecule has 2 rings (SSSR count). The first-order valence-electron chi connectivity index (χ1n) is 9.72. The summed E-state index contributed by atoms with van der Waals surface area (Å²) in [5.41, 5.74) is 0.494. The predicted molar refractivity (Wildman–Crippen MR) is 101 cm³/mol. The van der Waals surface area contributed by atoms with E-state index < -0.39 is 0 Å². The standard InChI is InChI=1S/C21H31FN2O2/c1-15(2)5-4-6-16(3)23-20(25)17-11-13-24(14-12-17)21(26)18-7-9-19(22)10-8-18/h7-10,15-17H,4-6,11-14H2,1-3H3,(H,23,25)/t16-/m0/s1. The molecule has 1 aromatic rings. The number of benzene rings is 1. The van der Waals surface area contributed by atoms with Crippen LogP contribution in [0.2, 0.25) is 0 Å². The second kappa shape index (κ2) is 9.70. The third-order valence-electron chi connectivity index (χ3n) is 5.05. The van der Waals surface area contributed by atoms with Crippen molar-refractivity contribution in [3.8, 4) is 0 Å². The minimum atomic E-state index is -0.348. The van der Waals surface area contributed by atoms with Crippen LogP contribution in [-0.4, -0.2) is 35.8 Å². The van der Waals surface area contributed by atoms with E-state index in [4.69, 9.17) is 0 Å². The molecule has 0 saturated carbocycles. The molecule has 1 atom stereocenters. The molecule has 26 heavy (non-hydrogen) atoms. The predicted octanol–water partition coefficient (Wildman–Crippen LogP) is 4.01. The van der Waals surface area contributed by atoms with E-state index in [1.165, 1.54) is 30.7 Å². The molecule has 1 N–H and O–H groups in total. The maximum absolute atomic E-state index is 13.0. The van der Waals surface area contributed by atoms with Gasteiger partial charge in [0.15, 0.2) is 0 Å². The zero-order chi connectivity index (χ0) is 19.1. The lowest BCUT2D eigenvalue weighted by molar-refractivity contribution is -0.126. The van der Waals surface area contributed by atoms with Crippen molar-refractivity contribution in [3.05, 3.63) is 35.6 Å². The van der Waals surface area contributed by atoms with Crippen LogP contribution in [0, 0.1) is 17.7 Å². The second-order valence-corrected chi connectivity index (χ2v) is 7.81. The number of nitrogens with zero attached hydrogens (tertiary/aromatic N) is 1. The van der Waals surface area contributed by atoms with Gasteiger partial charge in [-0.25, -0.2) is 4.39 Å². The topological polar surface area (TPSA) is 49.4 Å². The van der Waals surface area contributed by atoms with E-state index in [0.717, 1.165) is 12.8 Å². The fraction of sp³-hybridized carbons (Fsp3) is 0.619. The Labute approximate surface area is 156 Å². The van der Waals surface area contributed by atoms with Gasteiger partial charge in [-0.1, -0.05) is 26.7 Å². The second-order valence-electron chi connectivity index (χ2n) is 7.81. The molecular weight excluding hydrogens is 331 g/mol. The van der Waals surface area contributed by atoms with Crippen LogP contribution in [0.4, 0.5) is 4.39 Å². The Bertz CT molecular complexity index is 593. The highest BCUT2D eigenvalue weighted by Crippen LogP contribution is 2.20.